The SMILES string of the molecule is Clc1nc(-c2cccnc2)nc2c1CN(Cc1ccccc1)CC2. The Kier molecular flexibility index (Phi) is 4.24. The minimum absolute atomic E-state index is 0.552. The van der Waals surface area contributed by atoms with Crippen LogP contribution in [0.5, 0.6) is 0 Å². The van der Waals surface area contributed by atoms with Gasteiger partial charge in [-0.3, -0.25) is 9.88 Å². The first-order chi connectivity index (χ1) is 11.8. The number of aromatic nitrogens is 3. The molecule has 24 heavy (non-hydrogen) atoms. The van der Waals surface area contributed by atoms with Crippen LogP contribution in [0.25, 0.3) is 11.4 Å². The smallest absolute Gasteiger partial charge is 0.162 e. The molecule has 0 spiro atoms. The Labute approximate surface area is 146 Å². The lowest BCUT2D eigenvalue weighted by Crippen LogP contribution is -2.31. The van der Waals surface area contributed by atoms with E-state index in [0.29, 0.717) is 11.0 Å². The average molecular weight is 337 g/mol. The van der Waals surface area contributed by atoms with E-state index in [0.717, 1.165) is 42.9 Å². The maximum absolute atomic E-state index is 6.47. The molecule has 4 rings (SSSR count). The van der Waals surface area contributed by atoms with Crippen molar-refractivity contribution in [3.63, 3.8) is 0 Å². The quantitative estimate of drug-likeness (QED) is 0.683. The lowest BCUT2D eigenvalue weighted by atomic mass is 10.1. The van der Waals surface area contributed by atoms with Gasteiger partial charge in [0.1, 0.15) is 5.15 Å². The summed E-state index contributed by atoms with van der Waals surface area (Å²) < 4.78 is 0. The fourth-order valence-corrected chi connectivity index (χ4v) is 3.28. The molecule has 0 radical (unpaired) electrons. The molecule has 0 bridgehead atoms. The van der Waals surface area contributed by atoms with E-state index in [1.807, 2.05) is 18.2 Å². The third-order valence-corrected chi connectivity index (χ3v) is 4.57. The molecule has 0 amide bonds. The van der Waals surface area contributed by atoms with Gasteiger partial charge in [0.05, 0.1) is 5.69 Å². The molecule has 0 saturated heterocycles. The van der Waals surface area contributed by atoms with Crippen molar-refractivity contribution in [1.29, 1.82) is 0 Å². The lowest BCUT2D eigenvalue weighted by Gasteiger charge is -2.28. The summed E-state index contributed by atoms with van der Waals surface area (Å²) in [4.78, 5) is 15.7. The summed E-state index contributed by atoms with van der Waals surface area (Å²) in [5, 5.41) is 0.552. The molecule has 120 valence electrons. The fourth-order valence-electron chi connectivity index (χ4n) is 3.03. The predicted molar refractivity (Wildman–Crippen MR) is 94.5 cm³/mol. The van der Waals surface area contributed by atoms with Crippen molar-refractivity contribution >= 4 is 11.6 Å². The molecule has 0 aliphatic carbocycles. The monoisotopic (exact) mass is 336 g/mol. The third kappa shape index (κ3) is 3.16. The van der Waals surface area contributed by atoms with Crippen molar-refractivity contribution in [3.8, 4) is 11.4 Å². The molecule has 0 N–H and O–H groups in total. The van der Waals surface area contributed by atoms with Crippen molar-refractivity contribution in [2.24, 2.45) is 0 Å². The Balaban J connectivity index is 1.58. The minimum atomic E-state index is 0.552. The highest BCUT2D eigenvalue weighted by Crippen LogP contribution is 2.27. The number of nitrogens with zero attached hydrogens (tertiary/aromatic N) is 4. The van der Waals surface area contributed by atoms with Crippen LogP contribution in [0.1, 0.15) is 16.8 Å². The van der Waals surface area contributed by atoms with Gasteiger partial charge in [0, 0.05) is 49.6 Å². The highest BCUT2D eigenvalue weighted by Gasteiger charge is 2.22. The topological polar surface area (TPSA) is 41.9 Å². The number of pyridine rings is 1. The van der Waals surface area contributed by atoms with Gasteiger partial charge in [0.15, 0.2) is 5.82 Å². The molecule has 1 aliphatic heterocycles. The van der Waals surface area contributed by atoms with E-state index >= 15 is 0 Å². The highest BCUT2D eigenvalue weighted by atomic mass is 35.5. The van der Waals surface area contributed by atoms with Gasteiger partial charge in [0.25, 0.3) is 0 Å². The first kappa shape index (κ1) is 15.2. The summed E-state index contributed by atoms with van der Waals surface area (Å²) in [6.07, 6.45) is 4.39. The number of halogens is 1. The first-order valence-electron chi connectivity index (χ1n) is 8.01. The molecule has 3 aromatic rings. The van der Waals surface area contributed by atoms with Gasteiger partial charge in [-0.15, -0.1) is 0 Å². The zero-order valence-corrected chi connectivity index (χ0v) is 13.9. The Morgan fingerprint density at radius 1 is 1.04 bits per heavy atom. The molecule has 3 heterocycles. The summed E-state index contributed by atoms with van der Waals surface area (Å²) >= 11 is 6.47. The molecule has 0 fully saturated rings. The maximum atomic E-state index is 6.47. The predicted octanol–water partition coefficient (Wildman–Crippen LogP) is 3.75. The van der Waals surface area contributed by atoms with Crippen molar-refractivity contribution < 1.29 is 0 Å². The number of hydrogen-bond donors (Lipinski definition) is 0. The second-order valence-electron chi connectivity index (χ2n) is 5.95. The number of benzene rings is 1. The van der Waals surface area contributed by atoms with Crippen molar-refractivity contribution in [2.75, 3.05) is 6.54 Å². The first-order valence-corrected chi connectivity index (χ1v) is 8.39. The molecule has 0 unspecified atom stereocenters. The second kappa shape index (κ2) is 6.67. The minimum Gasteiger partial charge on any atom is -0.294 e. The van der Waals surface area contributed by atoms with E-state index in [-0.39, 0.29) is 0 Å². The summed E-state index contributed by atoms with van der Waals surface area (Å²) in [5.74, 6) is 0.656. The van der Waals surface area contributed by atoms with Crippen LogP contribution in [0.2, 0.25) is 5.15 Å². The van der Waals surface area contributed by atoms with Crippen LogP contribution in [-0.4, -0.2) is 26.4 Å². The largest absolute Gasteiger partial charge is 0.294 e. The normalized spacial score (nSPS) is 14.4. The molecule has 2 aromatic heterocycles. The summed E-state index contributed by atoms with van der Waals surface area (Å²) in [6, 6.07) is 14.3. The van der Waals surface area contributed by atoms with Crippen LogP contribution >= 0.6 is 11.6 Å². The molecule has 0 saturated carbocycles. The molecular formula is C19H17ClN4. The average Bonchev–Trinajstić information content (AvgIpc) is 2.64. The van der Waals surface area contributed by atoms with Crippen LogP contribution < -0.4 is 0 Å². The molecule has 0 atom stereocenters. The second-order valence-corrected chi connectivity index (χ2v) is 6.31. The van der Waals surface area contributed by atoms with Gasteiger partial charge in [0.2, 0.25) is 0 Å². The van der Waals surface area contributed by atoms with E-state index in [1.165, 1.54) is 5.56 Å². The standard InChI is InChI=1S/C19H17ClN4/c20-18-16-13-24(12-14-5-2-1-3-6-14)10-8-17(16)22-19(23-18)15-7-4-9-21-11-15/h1-7,9,11H,8,10,12-13H2. The number of hydrogen-bond acceptors (Lipinski definition) is 4. The lowest BCUT2D eigenvalue weighted by molar-refractivity contribution is 0.243. The summed E-state index contributed by atoms with van der Waals surface area (Å²) in [5.41, 5.74) is 4.31. The number of rotatable bonds is 3. The van der Waals surface area contributed by atoms with Gasteiger partial charge in [-0.2, -0.15) is 0 Å². The fraction of sp³-hybridized carbons (Fsp3) is 0.211. The Morgan fingerprint density at radius 2 is 1.92 bits per heavy atom. The van der Waals surface area contributed by atoms with E-state index in [4.69, 9.17) is 16.6 Å². The molecule has 4 nitrogen and oxygen atoms in total. The Hall–Kier alpha value is -2.30. The number of fused-ring (bicyclic) bond motifs is 1. The van der Waals surface area contributed by atoms with E-state index in [9.17, 15) is 0 Å². The van der Waals surface area contributed by atoms with E-state index in [1.54, 1.807) is 12.4 Å². The molecule has 1 aromatic carbocycles. The molecule has 5 heteroatoms. The van der Waals surface area contributed by atoms with Gasteiger partial charge in [-0.05, 0) is 17.7 Å². The van der Waals surface area contributed by atoms with Gasteiger partial charge in [-0.1, -0.05) is 41.9 Å². The van der Waals surface area contributed by atoms with Gasteiger partial charge in [-0.25, -0.2) is 9.97 Å². The zero-order chi connectivity index (χ0) is 16.4. The van der Waals surface area contributed by atoms with E-state index < -0.39 is 0 Å². The van der Waals surface area contributed by atoms with Gasteiger partial charge < -0.3 is 0 Å². The van der Waals surface area contributed by atoms with Gasteiger partial charge >= 0.3 is 0 Å². The Bertz CT molecular complexity index is 837. The maximum Gasteiger partial charge on any atom is 0.162 e. The van der Waals surface area contributed by atoms with Crippen LogP contribution in [0, 0.1) is 0 Å². The third-order valence-electron chi connectivity index (χ3n) is 4.26. The van der Waals surface area contributed by atoms with Crippen LogP contribution in [-0.2, 0) is 19.5 Å². The summed E-state index contributed by atoms with van der Waals surface area (Å²) in [7, 11) is 0. The highest BCUT2D eigenvalue weighted by molar-refractivity contribution is 6.30. The Morgan fingerprint density at radius 3 is 2.71 bits per heavy atom. The van der Waals surface area contributed by atoms with Crippen molar-refractivity contribution in [2.45, 2.75) is 19.5 Å². The summed E-state index contributed by atoms with van der Waals surface area (Å²) in [6.45, 7) is 2.68. The molecule has 1 aliphatic rings. The van der Waals surface area contributed by atoms with Crippen LogP contribution in [0.15, 0.2) is 54.9 Å². The van der Waals surface area contributed by atoms with Crippen molar-refractivity contribution in [3.05, 3.63) is 76.8 Å². The molecular weight excluding hydrogens is 320 g/mol. The zero-order valence-electron chi connectivity index (χ0n) is 13.2. The van der Waals surface area contributed by atoms with Crippen LogP contribution in [0.4, 0.5) is 0 Å². The van der Waals surface area contributed by atoms with E-state index in [2.05, 4.69) is 39.1 Å². The van der Waals surface area contributed by atoms with Crippen LogP contribution in [0.3, 0.4) is 0 Å². The van der Waals surface area contributed by atoms with Crippen molar-refractivity contribution in [1.82, 2.24) is 19.9 Å².